The average molecular weight is 337 g/mol. The third-order valence-electron chi connectivity index (χ3n) is 3.09. The number of carboxylic acid groups (broad SMARTS) is 1. The summed E-state index contributed by atoms with van der Waals surface area (Å²) < 4.78 is 10.3. The summed E-state index contributed by atoms with van der Waals surface area (Å²) in [4.78, 5) is 22.6. The monoisotopic (exact) mass is 337 g/mol. The van der Waals surface area contributed by atoms with Crippen molar-refractivity contribution in [2.75, 3.05) is 18.1 Å². The van der Waals surface area contributed by atoms with Crippen molar-refractivity contribution in [2.24, 2.45) is 0 Å². The Morgan fingerprint density at radius 2 is 1.79 bits per heavy atom. The fourth-order valence-electron chi connectivity index (χ4n) is 2.02. The van der Waals surface area contributed by atoms with Crippen molar-refractivity contribution in [3.8, 4) is 0 Å². The zero-order valence-electron chi connectivity index (χ0n) is 14.1. The van der Waals surface area contributed by atoms with Gasteiger partial charge in [-0.05, 0) is 37.6 Å². The molecule has 1 unspecified atom stereocenters. The number of anilines is 1. The number of hydrogen-bond acceptors (Lipinski definition) is 5. The number of nitrogens with zero attached hydrogens (tertiary/aromatic N) is 1. The molecule has 1 heterocycles. The quantitative estimate of drug-likeness (QED) is 0.820. The van der Waals surface area contributed by atoms with Gasteiger partial charge in [-0.1, -0.05) is 25.1 Å². The third kappa shape index (κ3) is 4.81. The molecule has 0 aromatic heterocycles. The lowest BCUT2D eigenvalue weighted by Crippen LogP contribution is -2.54. The highest BCUT2D eigenvalue weighted by atomic mass is 16.7. The molecule has 1 aromatic carbocycles. The molecule has 132 valence electrons. The minimum Gasteiger partial charge on any atom is -0.481 e. The Morgan fingerprint density at radius 1 is 1.17 bits per heavy atom. The molecule has 7 nitrogen and oxygen atoms in total. The van der Waals surface area contributed by atoms with Gasteiger partial charge < -0.3 is 19.7 Å². The lowest BCUT2D eigenvalue weighted by molar-refractivity contribution is -0.159. The molecule has 0 saturated carbocycles. The lowest BCUT2D eigenvalue weighted by Gasteiger charge is -2.38. The van der Waals surface area contributed by atoms with E-state index in [1.165, 1.54) is 6.08 Å². The van der Waals surface area contributed by atoms with E-state index in [1.54, 1.807) is 39.0 Å². The highest BCUT2D eigenvalue weighted by molar-refractivity contribution is 5.93. The SMILES string of the molecule is CCC(=O)O.CCOC(=O)N1c2ccccc2C=CC1(O)OCC. The lowest BCUT2D eigenvalue weighted by atomic mass is 10.1. The molecule has 0 aliphatic carbocycles. The summed E-state index contributed by atoms with van der Waals surface area (Å²) in [6, 6.07) is 7.23. The maximum Gasteiger partial charge on any atom is 0.418 e. The van der Waals surface area contributed by atoms with E-state index in [4.69, 9.17) is 14.6 Å². The maximum atomic E-state index is 12.1. The normalized spacial score (nSPS) is 18.2. The standard InChI is InChI=1S/C14H17NO4.C3H6O2/c1-3-18-13(16)15-12-8-6-5-7-11(12)9-10-14(15,17)19-4-2;1-2-3(4)5/h5-10,17H,3-4H2,1-2H3;2H2,1H3,(H,4,5). The Bertz CT molecular complexity index is 600. The number of carboxylic acids is 1. The highest BCUT2D eigenvalue weighted by Gasteiger charge is 2.42. The molecule has 7 heteroatoms. The number of carbonyl (C=O) groups excluding carboxylic acids is 1. The number of ether oxygens (including phenoxy) is 2. The summed E-state index contributed by atoms with van der Waals surface area (Å²) in [7, 11) is 0. The Labute approximate surface area is 141 Å². The third-order valence-corrected chi connectivity index (χ3v) is 3.09. The molecular weight excluding hydrogens is 314 g/mol. The summed E-state index contributed by atoms with van der Waals surface area (Å²) in [5.74, 6) is -2.56. The van der Waals surface area contributed by atoms with E-state index in [-0.39, 0.29) is 19.6 Å². The summed E-state index contributed by atoms with van der Waals surface area (Å²) in [5, 5.41) is 18.2. The van der Waals surface area contributed by atoms with Crippen LogP contribution in [0.2, 0.25) is 0 Å². The number of fused-ring (bicyclic) bond motifs is 1. The van der Waals surface area contributed by atoms with Gasteiger partial charge in [-0.15, -0.1) is 0 Å². The molecule has 1 atom stereocenters. The van der Waals surface area contributed by atoms with Gasteiger partial charge in [-0.3, -0.25) is 4.79 Å². The highest BCUT2D eigenvalue weighted by Crippen LogP contribution is 2.34. The van der Waals surface area contributed by atoms with Crippen LogP contribution in [-0.2, 0) is 14.3 Å². The molecule has 0 radical (unpaired) electrons. The molecule has 24 heavy (non-hydrogen) atoms. The molecule has 1 aromatic rings. The minimum absolute atomic E-state index is 0.222. The van der Waals surface area contributed by atoms with Gasteiger partial charge in [-0.25, -0.2) is 9.69 Å². The van der Waals surface area contributed by atoms with E-state index in [2.05, 4.69) is 0 Å². The van der Waals surface area contributed by atoms with Crippen molar-refractivity contribution < 1.29 is 29.3 Å². The van der Waals surface area contributed by atoms with Gasteiger partial charge in [-0.2, -0.15) is 0 Å². The number of para-hydroxylation sites is 1. The topological polar surface area (TPSA) is 96.3 Å². The van der Waals surface area contributed by atoms with Crippen molar-refractivity contribution >= 4 is 23.8 Å². The second kappa shape index (κ2) is 9.05. The van der Waals surface area contributed by atoms with E-state index in [0.717, 1.165) is 10.5 Å². The summed E-state index contributed by atoms with van der Waals surface area (Å²) in [5.41, 5.74) is 1.37. The first kappa shape index (κ1) is 19.7. The molecule has 0 fully saturated rings. The fourth-order valence-corrected chi connectivity index (χ4v) is 2.02. The van der Waals surface area contributed by atoms with Crippen molar-refractivity contribution in [1.82, 2.24) is 0 Å². The molecule has 0 saturated heterocycles. The summed E-state index contributed by atoms with van der Waals surface area (Å²) in [6.07, 6.45) is 2.74. The van der Waals surface area contributed by atoms with E-state index in [9.17, 15) is 14.7 Å². The number of hydrogen-bond donors (Lipinski definition) is 2. The Balaban J connectivity index is 0.000000505. The Morgan fingerprint density at radius 3 is 2.33 bits per heavy atom. The van der Waals surface area contributed by atoms with Crippen LogP contribution in [-0.4, -0.2) is 41.4 Å². The van der Waals surface area contributed by atoms with Crippen LogP contribution in [0.25, 0.3) is 6.08 Å². The second-order valence-electron chi connectivity index (χ2n) is 4.77. The minimum atomic E-state index is -1.81. The van der Waals surface area contributed by atoms with Crippen LogP contribution in [0.15, 0.2) is 30.3 Å². The first-order valence-electron chi connectivity index (χ1n) is 7.72. The Hall–Kier alpha value is -2.38. The average Bonchev–Trinajstić information content (AvgIpc) is 2.55. The number of aliphatic carboxylic acids is 1. The number of amides is 1. The number of rotatable bonds is 4. The predicted molar refractivity (Wildman–Crippen MR) is 89.5 cm³/mol. The van der Waals surface area contributed by atoms with Gasteiger partial charge in [0.1, 0.15) is 0 Å². The van der Waals surface area contributed by atoms with Crippen molar-refractivity contribution in [1.29, 1.82) is 0 Å². The molecule has 2 N–H and O–H groups in total. The number of benzene rings is 1. The van der Waals surface area contributed by atoms with E-state index in [0.29, 0.717) is 5.69 Å². The van der Waals surface area contributed by atoms with E-state index >= 15 is 0 Å². The molecule has 0 spiro atoms. The summed E-state index contributed by atoms with van der Waals surface area (Å²) >= 11 is 0. The van der Waals surface area contributed by atoms with Gasteiger partial charge in [0.15, 0.2) is 0 Å². The van der Waals surface area contributed by atoms with Gasteiger partial charge in [0.25, 0.3) is 5.91 Å². The molecular formula is C17H23NO6. The zero-order valence-corrected chi connectivity index (χ0v) is 14.1. The van der Waals surface area contributed by atoms with E-state index < -0.39 is 18.0 Å². The number of aliphatic hydroxyl groups is 1. The van der Waals surface area contributed by atoms with Gasteiger partial charge in [0.05, 0.1) is 12.3 Å². The Kier molecular flexibility index (Phi) is 7.41. The van der Waals surface area contributed by atoms with Crippen molar-refractivity contribution in [3.63, 3.8) is 0 Å². The van der Waals surface area contributed by atoms with Crippen molar-refractivity contribution in [2.45, 2.75) is 33.1 Å². The molecule has 1 aliphatic rings. The van der Waals surface area contributed by atoms with Crippen LogP contribution in [0.4, 0.5) is 10.5 Å². The van der Waals surface area contributed by atoms with Crippen LogP contribution >= 0.6 is 0 Å². The van der Waals surface area contributed by atoms with Crippen molar-refractivity contribution in [3.05, 3.63) is 35.9 Å². The molecule has 1 amide bonds. The van der Waals surface area contributed by atoms with Crippen LogP contribution in [0, 0.1) is 0 Å². The number of carbonyl (C=O) groups is 2. The van der Waals surface area contributed by atoms with Crippen LogP contribution < -0.4 is 4.90 Å². The van der Waals surface area contributed by atoms with Gasteiger partial charge in [0.2, 0.25) is 0 Å². The first-order chi connectivity index (χ1) is 11.4. The first-order valence-corrected chi connectivity index (χ1v) is 7.72. The van der Waals surface area contributed by atoms with Crippen LogP contribution in [0.3, 0.4) is 0 Å². The second-order valence-corrected chi connectivity index (χ2v) is 4.77. The largest absolute Gasteiger partial charge is 0.481 e. The van der Waals surface area contributed by atoms with E-state index in [1.807, 2.05) is 12.1 Å². The van der Waals surface area contributed by atoms with Crippen LogP contribution in [0.5, 0.6) is 0 Å². The van der Waals surface area contributed by atoms with Crippen LogP contribution in [0.1, 0.15) is 32.8 Å². The molecule has 2 rings (SSSR count). The van der Waals surface area contributed by atoms with Gasteiger partial charge >= 0.3 is 12.1 Å². The fraction of sp³-hybridized carbons (Fsp3) is 0.412. The molecule has 1 aliphatic heterocycles. The zero-order chi connectivity index (χ0) is 18.2. The maximum absolute atomic E-state index is 12.1. The van der Waals surface area contributed by atoms with Gasteiger partial charge in [0, 0.05) is 13.0 Å². The smallest absolute Gasteiger partial charge is 0.418 e. The summed E-state index contributed by atoms with van der Waals surface area (Å²) in [6.45, 7) is 5.55. The predicted octanol–water partition coefficient (Wildman–Crippen LogP) is 2.84. The molecule has 0 bridgehead atoms.